The van der Waals surface area contributed by atoms with Crippen molar-refractivity contribution in [2.75, 3.05) is 17.1 Å². The molecule has 0 bridgehead atoms. The number of benzene rings is 3. The van der Waals surface area contributed by atoms with E-state index >= 15 is 0 Å². The quantitative estimate of drug-likeness (QED) is 0.372. The van der Waals surface area contributed by atoms with Crippen LogP contribution in [-0.2, 0) is 10.0 Å². The molecule has 0 aliphatic carbocycles. The second kappa shape index (κ2) is 10.1. The molecule has 3 N–H and O–H groups in total. The van der Waals surface area contributed by atoms with Crippen LogP contribution in [0.15, 0.2) is 65.6 Å². The number of aryl methyl sites for hydroxylation is 2. The molecule has 0 aliphatic heterocycles. The van der Waals surface area contributed by atoms with Gasteiger partial charge in [0.1, 0.15) is 13.6 Å². The third-order valence-corrected chi connectivity index (χ3v) is 6.43. The van der Waals surface area contributed by atoms with E-state index in [1.54, 1.807) is 24.3 Å². The fourth-order valence-electron chi connectivity index (χ4n) is 3.10. The number of nitrogens with one attached hydrogen (secondary N) is 3. The van der Waals surface area contributed by atoms with Crippen LogP contribution in [0.3, 0.4) is 0 Å². The molecule has 0 atom stereocenters. The fraction of sp³-hybridized carbons (Fsp3) is 0.130. The van der Waals surface area contributed by atoms with E-state index in [1.165, 1.54) is 25.3 Å². The first-order valence-electron chi connectivity index (χ1n) is 9.85. The van der Waals surface area contributed by atoms with Crippen molar-refractivity contribution in [3.8, 4) is 5.75 Å². The molecule has 0 spiro atoms. The van der Waals surface area contributed by atoms with Gasteiger partial charge in [0.2, 0.25) is 0 Å². The van der Waals surface area contributed by atoms with Crippen LogP contribution < -0.4 is 25.6 Å². The molecule has 0 aliphatic rings. The summed E-state index contributed by atoms with van der Waals surface area (Å²) in [5.41, 5.74) is 3.38. The predicted octanol–water partition coefficient (Wildman–Crippen LogP) is 3.03. The highest BCUT2D eigenvalue weighted by atomic mass is 32.2. The summed E-state index contributed by atoms with van der Waals surface area (Å²) in [7, 11) is 3.55. The van der Waals surface area contributed by atoms with Gasteiger partial charge < -0.3 is 10.1 Å². The number of carbonyl (C=O) groups is 1. The van der Waals surface area contributed by atoms with Crippen LogP contribution >= 0.6 is 12.2 Å². The lowest BCUT2D eigenvalue weighted by Crippen LogP contribution is -2.34. The smallest absolute Gasteiger partial charge is 0.261 e. The zero-order valence-electron chi connectivity index (χ0n) is 18.3. The molecule has 3 aromatic carbocycles. The number of rotatable bonds is 6. The molecule has 0 fully saturated rings. The molecule has 33 heavy (non-hydrogen) atoms. The molecule has 7 nitrogen and oxygen atoms in total. The van der Waals surface area contributed by atoms with Gasteiger partial charge in [0.15, 0.2) is 5.11 Å². The molecule has 0 unspecified atom stereocenters. The van der Waals surface area contributed by atoms with Gasteiger partial charge in [0.05, 0.1) is 17.7 Å². The normalized spacial score (nSPS) is 10.9. The summed E-state index contributed by atoms with van der Waals surface area (Å²) in [6, 6.07) is 16.2. The number of amides is 1. The Labute approximate surface area is 200 Å². The zero-order chi connectivity index (χ0) is 24.2. The van der Waals surface area contributed by atoms with Gasteiger partial charge in [0.25, 0.3) is 15.9 Å². The van der Waals surface area contributed by atoms with Crippen LogP contribution in [0.4, 0.5) is 11.4 Å². The average Bonchev–Trinajstić information content (AvgIpc) is 2.76. The Morgan fingerprint density at radius 3 is 2.21 bits per heavy atom. The monoisotopic (exact) mass is 479 g/mol. The Morgan fingerprint density at radius 1 is 1.00 bits per heavy atom. The highest BCUT2D eigenvalue weighted by molar-refractivity contribution is 7.92. The average molecular weight is 479 g/mol. The molecule has 3 aromatic rings. The summed E-state index contributed by atoms with van der Waals surface area (Å²) in [4.78, 5) is 12.5. The minimum atomic E-state index is -3.77. The van der Waals surface area contributed by atoms with E-state index in [2.05, 4.69) is 15.4 Å². The number of hydrogen-bond acceptors (Lipinski definition) is 5. The lowest BCUT2D eigenvalue weighted by molar-refractivity contribution is 0.0978. The second-order valence-electron chi connectivity index (χ2n) is 7.26. The molecule has 0 heterocycles. The van der Waals surface area contributed by atoms with Gasteiger partial charge in [-0.05, 0) is 73.6 Å². The van der Waals surface area contributed by atoms with E-state index < -0.39 is 15.9 Å². The summed E-state index contributed by atoms with van der Waals surface area (Å²) >= 11 is 5.19. The fourth-order valence-corrected chi connectivity index (χ4v) is 4.51. The summed E-state index contributed by atoms with van der Waals surface area (Å²) in [6.45, 7) is 3.68. The Bertz CT molecular complexity index is 1290. The number of methoxy groups -OCH3 is 1. The topological polar surface area (TPSA) is 96.5 Å². The zero-order valence-corrected chi connectivity index (χ0v) is 19.9. The van der Waals surface area contributed by atoms with Crippen molar-refractivity contribution in [3.63, 3.8) is 0 Å². The van der Waals surface area contributed by atoms with Crippen molar-refractivity contribution in [2.45, 2.75) is 18.7 Å². The SMILES string of the molecule is [B]c1cc(C(=O)NC(=S)Nc2ccc(S(=O)(=O)Nc3c(C)cccc3C)cc2)ccc1OC. The van der Waals surface area contributed by atoms with E-state index in [9.17, 15) is 13.2 Å². The van der Waals surface area contributed by atoms with Crippen LogP contribution in [0.2, 0.25) is 0 Å². The van der Waals surface area contributed by atoms with Crippen molar-refractivity contribution in [1.82, 2.24) is 5.32 Å². The minimum Gasteiger partial charge on any atom is -0.497 e. The van der Waals surface area contributed by atoms with Gasteiger partial charge in [-0.15, -0.1) is 0 Å². The first kappa shape index (κ1) is 24.3. The summed E-state index contributed by atoms with van der Waals surface area (Å²) in [5, 5.41) is 5.46. The first-order valence-corrected chi connectivity index (χ1v) is 11.7. The Morgan fingerprint density at radius 2 is 1.64 bits per heavy atom. The molecule has 10 heteroatoms. The van der Waals surface area contributed by atoms with Gasteiger partial charge in [-0.25, -0.2) is 8.42 Å². The number of carbonyl (C=O) groups excluding carboxylic acids is 1. The van der Waals surface area contributed by atoms with Gasteiger partial charge >= 0.3 is 0 Å². The summed E-state index contributed by atoms with van der Waals surface area (Å²) < 4.78 is 33.3. The van der Waals surface area contributed by atoms with Crippen molar-refractivity contribution < 1.29 is 17.9 Å². The lowest BCUT2D eigenvalue weighted by atomic mass is 9.93. The molecule has 0 saturated carbocycles. The third kappa shape index (κ3) is 5.91. The van der Waals surface area contributed by atoms with Crippen LogP contribution in [0.25, 0.3) is 0 Å². The summed E-state index contributed by atoms with van der Waals surface area (Å²) in [6.07, 6.45) is 0. The van der Waals surface area contributed by atoms with Crippen LogP contribution in [0.5, 0.6) is 5.75 Å². The molecule has 1 amide bonds. The Balaban J connectivity index is 1.65. The minimum absolute atomic E-state index is 0.0543. The molecule has 168 valence electrons. The number of sulfonamides is 1. The highest BCUT2D eigenvalue weighted by Crippen LogP contribution is 2.24. The van der Waals surface area contributed by atoms with Crippen LogP contribution in [0.1, 0.15) is 21.5 Å². The standard InChI is InChI=1S/C23H22BN3O4S2/c1-14-5-4-6-15(2)21(14)27-33(29,30)18-10-8-17(9-11-18)25-23(32)26-22(28)16-7-12-20(31-3)19(24)13-16/h4-13,27H,1-3H3,(H2,25,26,28,32). The van der Waals surface area contributed by atoms with E-state index in [0.29, 0.717) is 28.2 Å². The number of anilines is 2. The van der Waals surface area contributed by atoms with Gasteiger partial charge in [-0.1, -0.05) is 29.7 Å². The van der Waals surface area contributed by atoms with Gasteiger partial charge in [-0.3, -0.25) is 14.8 Å². The number of hydrogen-bond donors (Lipinski definition) is 3. The first-order chi connectivity index (χ1) is 15.6. The maximum Gasteiger partial charge on any atom is 0.261 e. The Kier molecular flexibility index (Phi) is 7.40. The molecule has 0 aromatic heterocycles. The number of thiocarbonyl (C=S) groups is 1. The third-order valence-electron chi connectivity index (χ3n) is 4.86. The van der Waals surface area contributed by atoms with Gasteiger partial charge in [-0.2, -0.15) is 0 Å². The second-order valence-corrected chi connectivity index (χ2v) is 9.35. The highest BCUT2D eigenvalue weighted by Gasteiger charge is 2.17. The van der Waals surface area contributed by atoms with E-state index in [4.69, 9.17) is 24.8 Å². The maximum absolute atomic E-state index is 12.8. The molecular weight excluding hydrogens is 457 g/mol. The van der Waals surface area contributed by atoms with Gasteiger partial charge in [0, 0.05) is 11.3 Å². The van der Waals surface area contributed by atoms with Crippen molar-refractivity contribution in [1.29, 1.82) is 0 Å². The predicted molar refractivity (Wildman–Crippen MR) is 135 cm³/mol. The summed E-state index contributed by atoms with van der Waals surface area (Å²) in [5.74, 6) is 0.0215. The van der Waals surface area contributed by atoms with Crippen molar-refractivity contribution >= 4 is 57.9 Å². The molecule has 0 saturated heterocycles. The van der Waals surface area contributed by atoms with E-state index in [-0.39, 0.29) is 10.0 Å². The largest absolute Gasteiger partial charge is 0.497 e. The lowest BCUT2D eigenvalue weighted by Gasteiger charge is -2.14. The van der Waals surface area contributed by atoms with E-state index in [0.717, 1.165) is 11.1 Å². The van der Waals surface area contributed by atoms with Crippen molar-refractivity contribution in [3.05, 3.63) is 77.4 Å². The van der Waals surface area contributed by atoms with Crippen molar-refractivity contribution in [2.24, 2.45) is 0 Å². The Hall–Kier alpha value is -3.37. The van der Waals surface area contributed by atoms with Crippen LogP contribution in [-0.4, -0.2) is 34.4 Å². The molecule has 3 rings (SSSR count). The number of ether oxygens (including phenoxy) is 1. The molecule has 2 radical (unpaired) electrons. The van der Waals surface area contributed by atoms with Crippen LogP contribution in [0, 0.1) is 13.8 Å². The molecular formula is C23H22BN3O4S2. The van der Waals surface area contributed by atoms with E-state index in [1.807, 2.05) is 32.0 Å². The maximum atomic E-state index is 12.8. The number of para-hydroxylation sites is 1.